The minimum Gasteiger partial charge on any atom is -0.383 e. The number of fused-ring (bicyclic) bond motifs is 1. The number of rotatable bonds is 3. The lowest BCUT2D eigenvalue weighted by molar-refractivity contribution is 0.145. The third-order valence-corrected chi connectivity index (χ3v) is 4.93. The van der Waals surface area contributed by atoms with Crippen molar-refractivity contribution in [2.24, 2.45) is 0 Å². The van der Waals surface area contributed by atoms with Gasteiger partial charge in [-0.05, 0) is 42.4 Å². The Balaban J connectivity index is 1.60. The molecule has 2 aromatic carbocycles. The number of halogens is 2. The van der Waals surface area contributed by atoms with Crippen LogP contribution in [0.4, 0.5) is 14.5 Å². The summed E-state index contributed by atoms with van der Waals surface area (Å²) in [6.07, 6.45) is -2.61. The third kappa shape index (κ3) is 3.66. The van der Waals surface area contributed by atoms with E-state index in [1.54, 1.807) is 6.07 Å². The van der Waals surface area contributed by atoms with Gasteiger partial charge in [0.2, 0.25) is 0 Å². The molecule has 0 spiro atoms. The van der Waals surface area contributed by atoms with Crippen LogP contribution in [0.5, 0.6) is 0 Å². The molecule has 2 heterocycles. The lowest BCUT2D eigenvalue weighted by atomic mass is 10.0. The van der Waals surface area contributed by atoms with Crippen molar-refractivity contribution in [3.05, 3.63) is 77.5 Å². The molecule has 1 atom stereocenters. The molecular formula is C21H20F2N4. The van der Waals surface area contributed by atoms with Gasteiger partial charge in [0.25, 0.3) is 6.43 Å². The Kier molecular flexibility index (Phi) is 4.81. The molecule has 0 saturated carbocycles. The summed E-state index contributed by atoms with van der Waals surface area (Å²) in [5, 5.41) is 11.1. The fourth-order valence-corrected chi connectivity index (χ4v) is 3.46. The van der Waals surface area contributed by atoms with Crippen molar-refractivity contribution in [2.75, 3.05) is 18.9 Å². The zero-order valence-corrected chi connectivity index (χ0v) is 14.9. The molecule has 138 valence electrons. The summed E-state index contributed by atoms with van der Waals surface area (Å²) in [7, 11) is 2.11. The van der Waals surface area contributed by atoms with Gasteiger partial charge in [-0.3, -0.25) is 4.90 Å². The Morgan fingerprint density at radius 2 is 1.85 bits per heavy atom. The molecule has 4 rings (SSSR count). The number of hydrogen-bond acceptors (Lipinski definition) is 4. The van der Waals surface area contributed by atoms with Crippen LogP contribution in [0.3, 0.4) is 0 Å². The number of hydrogen-bond donors (Lipinski definition) is 1. The fourth-order valence-electron chi connectivity index (χ4n) is 3.46. The minimum absolute atomic E-state index is 0.271. The summed E-state index contributed by atoms with van der Waals surface area (Å²) in [5.74, 6) is 0. The summed E-state index contributed by atoms with van der Waals surface area (Å²) in [5.41, 5.74) is 4.66. The van der Waals surface area contributed by atoms with Gasteiger partial charge in [-0.15, -0.1) is 5.10 Å². The highest BCUT2D eigenvalue weighted by molar-refractivity contribution is 5.66. The average molecular weight is 366 g/mol. The summed E-state index contributed by atoms with van der Waals surface area (Å²) < 4.78 is 25.3. The monoisotopic (exact) mass is 366 g/mol. The van der Waals surface area contributed by atoms with E-state index in [9.17, 15) is 8.78 Å². The number of anilines is 1. The number of aromatic nitrogens is 2. The largest absolute Gasteiger partial charge is 0.383 e. The predicted molar refractivity (Wildman–Crippen MR) is 102 cm³/mol. The highest BCUT2D eigenvalue weighted by Gasteiger charge is 2.22. The maximum absolute atomic E-state index is 12.7. The molecule has 0 radical (unpaired) electrons. The van der Waals surface area contributed by atoms with Gasteiger partial charge in [0.1, 0.15) is 5.69 Å². The van der Waals surface area contributed by atoms with Crippen molar-refractivity contribution in [2.45, 2.75) is 19.0 Å². The Morgan fingerprint density at radius 3 is 2.56 bits per heavy atom. The van der Waals surface area contributed by atoms with Gasteiger partial charge in [-0.25, -0.2) is 8.78 Å². The zero-order chi connectivity index (χ0) is 18.8. The quantitative estimate of drug-likeness (QED) is 0.731. The molecule has 0 aliphatic carbocycles. The van der Waals surface area contributed by atoms with Gasteiger partial charge in [-0.1, -0.05) is 36.4 Å². The smallest absolute Gasteiger partial charge is 0.282 e. The van der Waals surface area contributed by atoms with Crippen molar-refractivity contribution >= 4 is 5.69 Å². The van der Waals surface area contributed by atoms with E-state index < -0.39 is 6.43 Å². The first-order valence-electron chi connectivity index (χ1n) is 8.86. The molecule has 0 amide bonds. The van der Waals surface area contributed by atoms with Crippen molar-refractivity contribution in [1.82, 2.24) is 15.1 Å². The Hall–Kier alpha value is -2.86. The van der Waals surface area contributed by atoms with E-state index in [2.05, 4.69) is 57.8 Å². The van der Waals surface area contributed by atoms with E-state index in [0.717, 1.165) is 29.9 Å². The summed E-state index contributed by atoms with van der Waals surface area (Å²) in [4.78, 5) is 2.31. The number of benzene rings is 2. The van der Waals surface area contributed by atoms with E-state index in [-0.39, 0.29) is 11.7 Å². The topological polar surface area (TPSA) is 41.1 Å². The number of alkyl halides is 2. The molecule has 3 aromatic rings. The van der Waals surface area contributed by atoms with Gasteiger partial charge < -0.3 is 5.32 Å². The fraction of sp³-hybridized carbons (Fsp3) is 0.238. The molecule has 1 aliphatic rings. The molecule has 0 fully saturated rings. The number of likely N-dealkylation sites (N-methyl/N-ethyl adjacent to an activating group) is 1. The van der Waals surface area contributed by atoms with Crippen LogP contribution in [0, 0.1) is 0 Å². The summed E-state index contributed by atoms with van der Waals surface area (Å²) >= 11 is 0. The molecule has 1 aliphatic heterocycles. The van der Waals surface area contributed by atoms with E-state index in [4.69, 9.17) is 0 Å². The second-order valence-corrected chi connectivity index (χ2v) is 6.74. The lowest BCUT2D eigenvalue weighted by Gasteiger charge is -2.25. The number of nitrogens with zero attached hydrogens (tertiary/aromatic N) is 3. The predicted octanol–water partition coefficient (Wildman–Crippen LogP) is 4.68. The zero-order valence-electron chi connectivity index (χ0n) is 14.9. The van der Waals surface area contributed by atoms with Crippen LogP contribution in [0.1, 0.15) is 29.3 Å². The first-order chi connectivity index (χ1) is 13.1. The van der Waals surface area contributed by atoms with Crippen LogP contribution in [-0.4, -0.2) is 28.7 Å². The normalized spacial score (nSPS) is 17.3. The van der Waals surface area contributed by atoms with Crippen molar-refractivity contribution in [1.29, 1.82) is 0 Å². The van der Waals surface area contributed by atoms with Crippen LogP contribution in [-0.2, 0) is 6.54 Å². The highest BCUT2D eigenvalue weighted by Crippen LogP contribution is 2.31. The molecule has 0 bridgehead atoms. The van der Waals surface area contributed by atoms with Gasteiger partial charge in [0, 0.05) is 24.3 Å². The van der Waals surface area contributed by atoms with Gasteiger partial charge in [-0.2, -0.15) is 5.10 Å². The Labute approximate surface area is 156 Å². The molecule has 1 N–H and O–H groups in total. The minimum atomic E-state index is -2.61. The first-order valence-corrected chi connectivity index (χ1v) is 8.86. The lowest BCUT2D eigenvalue weighted by Crippen LogP contribution is -2.26. The molecule has 1 aromatic heterocycles. The molecule has 4 nitrogen and oxygen atoms in total. The van der Waals surface area contributed by atoms with Crippen molar-refractivity contribution in [3.63, 3.8) is 0 Å². The molecule has 27 heavy (non-hydrogen) atoms. The van der Waals surface area contributed by atoms with Crippen molar-refractivity contribution < 1.29 is 8.78 Å². The first kappa shape index (κ1) is 17.5. The van der Waals surface area contributed by atoms with Crippen LogP contribution in [0.2, 0.25) is 0 Å². The SMILES string of the molecule is CN1Cc2cc(-c3ccc(C(F)F)nn3)ccc2NCC1c1ccccc1. The van der Waals surface area contributed by atoms with Crippen LogP contribution in [0.25, 0.3) is 11.3 Å². The van der Waals surface area contributed by atoms with Crippen LogP contribution < -0.4 is 5.32 Å². The second kappa shape index (κ2) is 7.40. The van der Waals surface area contributed by atoms with E-state index in [1.165, 1.54) is 11.6 Å². The molecule has 0 saturated heterocycles. The third-order valence-electron chi connectivity index (χ3n) is 4.93. The van der Waals surface area contributed by atoms with Gasteiger partial charge in [0.15, 0.2) is 0 Å². The van der Waals surface area contributed by atoms with E-state index in [0.29, 0.717) is 5.69 Å². The van der Waals surface area contributed by atoms with Crippen LogP contribution >= 0.6 is 0 Å². The molecule has 6 heteroatoms. The molecule has 1 unspecified atom stereocenters. The number of nitrogens with one attached hydrogen (secondary N) is 1. The Morgan fingerprint density at radius 1 is 1.04 bits per heavy atom. The van der Waals surface area contributed by atoms with Crippen LogP contribution in [0.15, 0.2) is 60.7 Å². The summed E-state index contributed by atoms with van der Waals surface area (Å²) in [6.45, 7) is 1.59. The maximum atomic E-state index is 12.7. The van der Waals surface area contributed by atoms with Gasteiger partial charge >= 0.3 is 0 Å². The summed E-state index contributed by atoms with van der Waals surface area (Å²) in [6, 6.07) is 19.6. The molecular weight excluding hydrogens is 346 g/mol. The second-order valence-electron chi connectivity index (χ2n) is 6.74. The Bertz CT molecular complexity index is 913. The maximum Gasteiger partial charge on any atom is 0.282 e. The highest BCUT2D eigenvalue weighted by atomic mass is 19.3. The average Bonchev–Trinajstić information content (AvgIpc) is 2.86. The van der Waals surface area contributed by atoms with Gasteiger partial charge in [0.05, 0.1) is 11.7 Å². The van der Waals surface area contributed by atoms with E-state index in [1.807, 2.05) is 18.2 Å². The van der Waals surface area contributed by atoms with E-state index >= 15 is 0 Å². The van der Waals surface area contributed by atoms with Crippen molar-refractivity contribution in [3.8, 4) is 11.3 Å². The standard InChI is InChI=1S/C21H20F2N4/c1-27-13-16-11-15(18-9-10-19(21(22)23)26-25-18)7-8-17(16)24-12-20(27)14-5-3-2-4-6-14/h2-11,20-21,24H,12-13H2,1H3.